The fourth-order valence-corrected chi connectivity index (χ4v) is 11.0. The Labute approximate surface area is 876 Å². The van der Waals surface area contributed by atoms with Gasteiger partial charge in [-0.25, -0.2) is 0 Å². The predicted octanol–water partition coefficient (Wildman–Crippen LogP) is 32.7. The molecule has 0 unspecified atom stereocenters. The van der Waals surface area contributed by atoms with E-state index in [0.717, 1.165) is 70.5 Å². The van der Waals surface area contributed by atoms with Crippen LogP contribution in [0.2, 0.25) is 0 Å². The summed E-state index contributed by atoms with van der Waals surface area (Å²) in [6, 6.07) is 129. The smallest absolute Gasteiger partial charge is 0.119 e. The van der Waals surface area contributed by atoms with Crippen LogP contribution in [0.25, 0.3) is 0 Å². The SMILES string of the molecule is C.C.CCC.CCCCN(C)CC.CCN(C)C.CCN(C)C1CC1.CCNC.CCOC.CC[N+](C)(C)C.Cc1ccc(OCc2ccccc2)cc1.Cc1ccc(OCc2ccccc2)cc1.Cc1ccc(OCc2ccccc2)cc1.Cc1ccc(OCc2ccccc2)cc1.Cc1ccc(OCc2ccccc2)cc1.Cc1ccc(OCc2ccccc2)cc1.Cc1ccc(OCc2ccccc2)cc1. The van der Waals surface area contributed by atoms with Gasteiger partial charge in [-0.3, -0.25) is 0 Å². The molecule has 0 amide bonds. The van der Waals surface area contributed by atoms with E-state index in [1.54, 1.807) is 7.11 Å². The molecule has 0 saturated heterocycles. The number of nitrogens with one attached hydrogen (secondary N) is 1. The first-order valence-electron chi connectivity index (χ1n) is 50.7. The minimum atomic E-state index is 0. The van der Waals surface area contributed by atoms with Crippen LogP contribution in [0.15, 0.2) is 382 Å². The van der Waals surface area contributed by atoms with Crippen LogP contribution in [0.4, 0.5) is 0 Å². The second-order valence-electron chi connectivity index (χ2n) is 35.7. The van der Waals surface area contributed by atoms with Crippen LogP contribution in [0.5, 0.6) is 40.2 Å². The summed E-state index contributed by atoms with van der Waals surface area (Å²) in [7, 11) is 18.6. The topological polar surface area (TPSA) is 95.6 Å². The first-order valence-corrected chi connectivity index (χ1v) is 50.7. The molecule has 15 rings (SSSR count). The van der Waals surface area contributed by atoms with E-state index in [4.69, 9.17) is 33.2 Å². The van der Waals surface area contributed by atoms with Crippen molar-refractivity contribution in [3.8, 4) is 40.2 Å². The monoisotopic (exact) mass is 1960 g/mol. The maximum atomic E-state index is 5.65. The van der Waals surface area contributed by atoms with Crippen molar-refractivity contribution in [3.05, 3.63) is 460 Å². The standard InChI is InChI=1S/7C14H14O.C7H17N.C6H13N.C5H14N.C4H11N.C3H9N.C3H8O.C3H8.2CH4/c7*1-12-7-9-14(10-8-12)15-11-13-5-3-2-4-6-13;1-4-6-7-8(3)5-2;1-3-7(2)6-4-5-6;1-5-6(2,3)4;1-4-5(2)3;2*1-3-4-2;1-3-2;;/h7*2-10H,11H2,1H3;4-7H2,1-3H3;6H,3-5H2,1-2H3;5H2,1-4H3;4H2,1-3H3;4H,3H2,1-2H3;3H2,1-2H3;3H2,1-2H3;2*1H4/q;;;;;;;;;+1;;;;;;. The zero-order valence-corrected chi connectivity index (χ0v) is 91.4. The summed E-state index contributed by atoms with van der Waals surface area (Å²) in [6.07, 6.45) is 6.77. The Morgan fingerprint density at radius 2 is 0.438 bits per heavy atom. The van der Waals surface area contributed by atoms with E-state index in [1.165, 1.54) is 136 Å². The molecule has 1 saturated carbocycles. The zero-order valence-electron chi connectivity index (χ0n) is 91.4. The van der Waals surface area contributed by atoms with Crippen molar-refractivity contribution in [2.75, 3.05) is 109 Å². The molecule has 0 bridgehead atoms. The minimum absolute atomic E-state index is 0. The van der Waals surface area contributed by atoms with Crippen molar-refractivity contribution >= 4 is 0 Å². The number of hydrogen-bond donors (Lipinski definition) is 1. The highest BCUT2D eigenvalue weighted by molar-refractivity contribution is 5.34. The third-order valence-electron chi connectivity index (χ3n) is 21.2. The zero-order chi connectivity index (χ0) is 104. The van der Waals surface area contributed by atoms with Gasteiger partial charge in [-0.2, -0.15) is 0 Å². The highest BCUT2D eigenvalue weighted by atomic mass is 16.5. The quantitative estimate of drug-likeness (QED) is 0.0419. The molecule has 0 radical (unpaired) electrons. The number of quaternary nitrogens is 1. The maximum Gasteiger partial charge on any atom is 0.119 e. The van der Waals surface area contributed by atoms with Crippen LogP contribution in [0.3, 0.4) is 0 Å². The summed E-state index contributed by atoms with van der Waals surface area (Å²) in [4.78, 5) is 6.86. The summed E-state index contributed by atoms with van der Waals surface area (Å²) in [6.45, 7) is 46.0. The van der Waals surface area contributed by atoms with E-state index in [1.807, 2.05) is 226 Å². The number of hydrogen-bond acceptors (Lipinski definition) is 12. The van der Waals surface area contributed by atoms with E-state index < -0.39 is 0 Å². The van der Waals surface area contributed by atoms with Gasteiger partial charge >= 0.3 is 0 Å². The van der Waals surface area contributed by atoms with Gasteiger partial charge in [0.25, 0.3) is 0 Å². The lowest BCUT2D eigenvalue weighted by Crippen LogP contribution is -2.33. The Hall–Kier alpha value is -12.6. The summed E-state index contributed by atoms with van der Waals surface area (Å²) in [5, 5.41) is 2.93. The van der Waals surface area contributed by atoms with Crippen LogP contribution in [-0.4, -0.2) is 135 Å². The molecule has 13 heteroatoms. The number of aryl methyl sites for hydroxylation is 7. The van der Waals surface area contributed by atoms with Gasteiger partial charge in [0.05, 0.1) is 27.7 Å². The van der Waals surface area contributed by atoms with Crippen molar-refractivity contribution in [2.45, 2.75) is 210 Å². The molecule has 782 valence electrons. The third-order valence-corrected chi connectivity index (χ3v) is 21.2. The molecular weight excluding hydrogens is 1770 g/mol. The molecule has 14 aromatic carbocycles. The second kappa shape index (κ2) is 86.0. The van der Waals surface area contributed by atoms with E-state index in [0.29, 0.717) is 46.2 Å². The van der Waals surface area contributed by atoms with Crippen LogP contribution in [0, 0.1) is 48.5 Å². The fraction of sp³-hybridized carbons (Fsp3) is 0.359. The summed E-state index contributed by atoms with van der Waals surface area (Å²) in [5.74, 6) is 6.45. The van der Waals surface area contributed by atoms with Crippen LogP contribution in [0.1, 0.15) is 187 Å². The molecule has 0 heterocycles. The Morgan fingerprint density at radius 1 is 0.278 bits per heavy atom. The number of unbranched alkanes of at least 4 members (excludes halogenated alkanes) is 1. The summed E-state index contributed by atoms with van der Waals surface area (Å²) >= 11 is 0. The molecule has 0 atom stereocenters. The Bertz CT molecular complexity index is 4290. The van der Waals surface area contributed by atoms with Crippen LogP contribution < -0.4 is 38.5 Å². The van der Waals surface area contributed by atoms with E-state index in [9.17, 15) is 0 Å². The molecule has 1 aliphatic carbocycles. The number of benzene rings is 14. The van der Waals surface area contributed by atoms with E-state index >= 15 is 0 Å². The molecule has 0 aliphatic heterocycles. The van der Waals surface area contributed by atoms with Crippen LogP contribution in [-0.2, 0) is 51.0 Å². The van der Waals surface area contributed by atoms with Crippen molar-refractivity contribution in [3.63, 3.8) is 0 Å². The molecule has 1 N–H and O–H groups in total. The van der Waals surface area contributed by atoms with Crippen molar-refractivity contribution < 1.29 is 42.4 Å². The second-order valence-corrected chi connectivity index (χ2v) is 35.7. The first kappa shape index (κ1) is 131. The van der Waals surface area contributed by atoms with Gasteiger partial charge in [-0.1, -0.05) is 412 Å². The van der Waals surface area contributed by atoms with Crippen molar-refractivity contribution in [2.24, 2.45) is 0 Å². The van der Waals surface area contributed by atoms with Gasteiger partial charge in [0, 0.05) is 19.8 Å². The number of methoxy groups -OCH3 is 1. The fourth-order valence-electron chi connectivity index (χ4n) is 11.0. The summed E-state index contributed by atoms with van der Waals surface area (Å²) < 4.78 is 45.1. The van der Waals surface area contributed by atoms with Crippen LogP contribution >= 0.6 is 0 Å². The van der Waals surface area contributed by atoms with Crippen molar-refractivity contribution in [1.29, 1.82) is 0 Å². The van der Waals surface area contributed by atoms with Crippen molar-refractivity contribution in [1.82, 2.24) is 20.0 Å². The molecular formula is C131H186N5O8+. The molecule has 13 nitrogen and oxygen atoms in total. The minimum Gasteiger partial charge on any atom is -0.489 e. The molecule has 144 heavy (non-hydrogen) atoms. The van der Waals surface area contributed by atoms with Gasteiger partial charge < -0.3 is 62.4 Å². The lowest BCUT2D eigenvalue weighted by Gasteiger charge is -2.20. The van der Waals surface area contributed by atoms with Gasteiger partial charge in [-0.05, 0) is 273 Å². The Morgan fingerprint density at radius 3 is 0.535 bits per heavy atom. The Kier molecular flexibility index (Phi) is 78.5. The average Bonchev–Trinajstić information content (AvgIpc) is 1.76. The molecule has 1 fully saturated rings. The largest absolute Gasteiger partial charge is 0.489 e. The maximum absolute atomic E-state index is 5.65. The predicted molar refractivity (Wildman–Crippen MR) is 622 cm³/mol. The molecule has 0 aromatic heterocycles. The average molecular weight is 1960 g/mol. The number of nitrogens with zero attached hydrogens (tertiary/aromatic N) is 4. The highest BCUT2D eigenvalue weighted by Gasteiger charge is 2.24. The highest BCUT2D eigenvalue weighted by Crippen LogP contribution is 2.25. The molecule has 1 aliphatic rings. The lowest BCUT2D eigenvalue weighted by molar-refractivity contribution is -0.868. The van der Waals surface area contributed by atoms with E-state index in [-0.39, 0.29) is 14.9 Å². The van der Waals surface area contributed by atoms with Gasteiger partial charge in [0.2, 0.25) is 0 Å². The molecule has 14 aromatic rings. The third kappa shape index (κ3) is 73.5. The summed E-state index contributed by atoms with van der Waals surface area (Å²) in [5.41, 5.74) is 17.1. The first-order chi connectivity index (χ1) is 68.6. The molecule has 0 spiro atoms. The van der Waals surface area contributed by atoms with Gasteiger partial charge in [0.1, 0.15) is 86.5 Å². The van der Waals surface area contributed by atoms with E-state index in [2.05, 4.69) is 348 Å². The normalized spacial score (nSPS) is 10.2. The van der Waals surface area contributed by atoms with Gasteiger partial charge in [0.15, 0.2) is 0 Å². The number of rotatable bonds is 31. The lowest BCUT2D eigenvalue weighted by atomic mass is 10.2. The number of ether oxygens (including phenoxy) is 8. The van der Waals surface area contributed by atoms with Gasteiger partial charge in [-0.15, -0.1) is 0 Å². The Balaban J connectivity index is 0.00000156.